The molecule has 1 unspecified atom stereocenters. The second-order valence-electron chi connectivity index (χ2n) is 4.83. The first-order chi connectivity index (χ1) is 9.10. The number of hydrogen-bond donors (Lipinski definition) is 3. The van der Waals surface area contributed by atoms with Crippen molar-refractivity contribution in [3.05, 3.63) is 29.8 Å². The lowest BCUT2D eigenvalue weighted by Gasteiger charge is -2.11. The summed E-state index contributed by atoms with van der Waals surface area (Å²) in [6.07, 6.45) is 2.68. The summed E-state index contributed by atoms with van der Waals surface area (Å²) in [5.41, 5.74) is 6.79. The van der Waals surface area contributed by atoms with Crippen LogP contribution in [0.3, 0.4) is 0 Å². The quantitative estimate of drug-likeness (QED) is 0.746. The molecular weight excluding hydrogens is 242 g/mol. The van der Waals surface area contributed by atoms with E-state index < -0.39 is 6.04 Å². The van der Waals surface area contributed by atoms with Crippen LogP contribution in [0.2, 0.25) is 0 Å². The number of carbonyl (C=O) groups excluding carboxylic acids is 2. The highest BCUT2D eigenvalue weighted by molar-refractivity contribution is 5.98. The summed E-state index contributed by atoms with van der Waals surface area (Å²) < 4.78 is 0. The Morgan fingerprint density at radius 1 is 1.42 bits per heavy atom. The molecule has 0 aromatic heterocycles. The molecule has 0 radical (unpaired) electrons. The minimum Gasteiger partial charge on any atom is -0.349 e. The van der Waals surface area contributed by atoms with Crippen LogP contribution >= 0.6 is 0 Å². The molecule has 1 saturated carbocycles. The molecule has 0 aliphatic heterocycles. The van der Waals surface area contributed by atoms with E-state index >= 15 is 0 Å². The van der Waals surface area contributed by atoms with Gasteiger partial charge in [0.1, 0.15) is 0 Å². The predicted octanol–water partition coefficient (Wildman–Crippen LogP) is 1.25. The number of anilines is 1. The molecule has 102 valence electrons. The van der Waals surface area contributed by atoms with Crippen LogP contribution in [0.15, 0.2) is 24.3 Å². The van der Waals surface area contributed by atoms with Gasteiger partial charge in [-0.25, -0.2) is 0 Å². The monoisotopic (exact) mass is 261 g/mol. The normalized spacial score (nSPS) is 15.7. The van der Waals surface area contributed by atoms with Gasteiger partial charge >= 0.3 is 0 Å². The second-order valence-corrected chi connectivity index (χ2v) is 4.83. The van der Waals surface area contributed by atoms with Gasteiger partial charge in [-0.2, -0.15) is 0 Å². The third kappa shape index (κ3) is 3.79. The summed E-state index contributed by atoms with van der Waals surface area (Å²) in [6, 6.07) is 6.68. The summed E-state index contributed by atoms with van der Waals surface area (Å²) >= 11 is 0. The highest BCUT2D eigenvalue weighted by Crippen LogP contribution is 2.20. The average Bonchev–Trinajstić information content (AvgIpc) is 3.22. The van der Waals surface area contributed by atoms with Crippen molar-refractivity contribution in [3.8, 4) is 0 Å². The fourth-order valence-electron chi connectivity index (χ4n) is 1.65. The van der Waals surface area contributed by atoms with Crippen LogP contribution in [-0.2, 0) is 4.79 Å². The van der Waals surface area contributed by atoms with E-state index in [9.17, 15) is 9.59 Å². The zero-order valence-electron chi connectivity index (χ0n) is 11.0. The first-order valence-corrected chi connectivity index (χ1v) is 6.57. The number of hydrogen-bond acceptors (Lipinski definition) is 3. The van der Waals surface area contributed by atoms with Gasteiger partial charge in [-0.15, -0.1) is 0 Å². The van der Waals surface area contributed by atoms with Crippen molar-refractivity contribution >= 4 is 17.5 Å². The van der Waals surface area contributed by atoms with E-state index in [0.717, 1.165) is 12.8 Å². The molecule has 1 aliphatic carbocycles. The maximum absolute atomic E-state index is 11.9. The van der Waals surface area contributed by atoms with E-state index in [0.29, 0.717) is 23.7 Å². The van der Waals surface area contributed by atoms with Crippen LogP contribution in [0.5, 0.6) is 0 Å². The highest BCUT2D eigenvalue weighted by atomic mass is 16.2. The molecule has 4 N–H and O–H groups in total. The summed E-state index contributed by atoms with van der Waals surface area (Å²) in [5, 5.41) is 5.62. The molecule has 1 atom stereocenters. The Labute approximate surface area is 112 Å². The molecule has 0 saturated heterocycles. The van der Waals surface area contributed by atoms with Crippen molar-refractivity contribution in [1.82, 2.24) is 5.32 Å². The van der Waals surface area contributed by atoms with Crippen molar-refractivity contribution in [2.45, 2.75) is 38.3 Å². The fraction of sp³-hybridized carbons (Fsp3) is 0.429. The van der Waals surface area contributed by atoms with E-state index in [1.807, 2.05) is 6.92 Å². The minimum atomic E-state index is -0.524. The van der Waals surface area contributed by atoms with Crippen LogP contribution in [-0.4, -0.2) is 23.9 Å². The molecule has 5 heteroatoms. The molecule has 2 amide bonds. The van der Waals surface area contributed by atoms with Crippen molar-refractivity contribution in [2.75, 3.05) is 5.32 Å². The Morgan fingerprint density at radius 3 is 2.79 bits per heavy atom. The fourth-order valence-corrected chi connectivity index (χ4v) is 1.65. The van der Waals surface area contributed by atoms with Crippen LogP contribution in [0.25, 0.3) is 0 Å². The topological polar surface area (TPSA) is 84.2 Å². The summed E-state index contributed by atoms with van der Waals surface area (Å²) in [7, 11) is 0. The molecule has 2 rings (SSSR count). The molecule has 0 bridgehead atoms. The van der Waals surface area contributed by atoms with Crippen LogP contribution < -0.4 is 16.4 Å². The van der Waals surface area contributed by atoms with E-state index in [-0.39, 0.29) is 11.8 Å². The smallest absolute Gasteiger partial charge is 0.251 e. The SMILES string of the molecule is CCC(N)C(=O)Nc1cccc(C(=O)NC2CC2)c1. The van der Waals surface area contributed by atoms with Gasteiger partial charge in [0.15, 0.2) is 0 Å². The Kier molecular flexibility index (Phi) is 4.16. The van der Waals surface area contributed by atoms with Gasteiger partial charge in [0.05, 0.1) is 6.04 Å². The van der Waals surface area contributed by atoms with Crippen molar-refractivity contribution in [1.29, 1.82) is 0 Å². The van der Waals surface area contributed by atoms with Crippen molar-refractivity contribution in [3.63, 3.8) is 0 Å². The van der Waals surface area contributed by atoms with Crippen molar-refractivity contribution in [2.24, 2.45) is 5.73 Å². The lowest BCUT2D eigenvalue weighted by atomic mass is 10.1. The number of amides is 2. The molecule has 1 fully saturated rings. The Bertz CT molecular complexity index is 483. The number of benzene rings is 1. The van der Waals surface area contributed by atoms with E-state index in [4.69, 9.17) is 5.73 Å². The zero-order valence-corrected chi connectivity index (χ0v) is 11.0. The van der Waals surface area contributed by atoms with Crippen LogP contribution in [0.4, 0.5) is 5.69 Å². The summed E-state index contributed by atoms with van der Waals surface area (Å²) in [5.74, 6) is -0.333. The first-order valence-electron chi connectivity index (χ1n) is 6.57. The molecule has 19 heavy (non-hydrogen) atoms. The average molecular weight is 261 g/mol. The summed E-state index contributed by atoms with van der Waals surface area (Å²) in [6.45, 7) is 1.85. The lowest BCUT2D eigenvalue weighted by molar-refractivity contribution is -0.117. The summed E-state index contributed by atoms with van der Waals surface area (Å²) in [4.78, 5) is 23.6. The van der Waals surface area contributed by atoms with Gasteiger partial charge in [-0.05, 0) is 37.5 Å². The molecule has 0 spiro atoms. The third-order valence-corrected chi connectivity index (χ3v) is 3.08. The van der Waals surface area contributed by atoms with E-state index in [2.05, 4.69) is 10.6 Å². The molecule has 1 aromatic rings. The highest BCUT2D eigenvalue weighted by Gasteiger charge is 2.23. The minimum absolute atomic E-state index is 0.0987. The molecule has 1 aliphatic rings. The van der Waals surface area contributed by atoms with Gasteiger partial charge in [0, 0.05) is 17.3 Å². The molecule has 0 heterocycles. The van der Waals surface area contributed by atoms with Crippen molar-refractivity contribution < 1.29 is 9.59 Å². The Morgan fingerprint density at radius 2 is 2.16 bits per heavy atom. The second kappa shape index (κ2) is 5.84. The zero-order chi connectivity index (χ0) is 13.8. The largest absolute Gasteiger partial charge is 0.349 e. The Hall–Kier alpha value is -1.88. The van der Waals surface area contributed by atoms with Gasteiger partial charge in [0.25, 0.3) is 5.91 Å². The van der Waals surface area contributed by atoms with E-state index in [1.54, 1.807) is 24.3 Å². The first kappa shape index (κ1) is 13.5. The standard InChI is InChI=1S/C14H19N3O2/c1-2-12(15)14(19)17-11-5-3-4-9(8-11)13(18)16-10-6-7-10/h3-5,8,10,12H,2,6-7,15H2,1H3,(H,16,18)(H,17,19). The maximum atomic E-state index is 11.9. The van der Waals surface area contributed by atoms with Gasteiger partial charge in [-0.3, -0.25) is 9.59 Å². The van der Waals surface area contributed by atoms with Gasteiger partial charge in [0.2, 0.25) is 5.91 Å². The number of carbonyl (C=O) groups is 2. The number of nitrogens with two attached hydrogens (primary N) is 1. The van der Waals surface area contributed by atoms with E-state index in [1.165, 1.54) is 0 Å². The Balaban J connectivity index is 2.01. The van der Waals surface area contributed by atoms with Gasteiger partial charge < -0.3 is 16.4 Å². The number of rotatable bonds is 5. The maximum Gasteiger partial charge on any atom is 0.251 e. The molecule has 1 aromatic carbocycles. The lowest BCUT2D eigenvalue weighted by Crippen LogP contribution is -2.34. The molecular formula is C14H19N3O2. The third-order valence-electron chi connectivity index (χ3n) is 3.08. The molecule has 5 nitrogen and oxygen atoms in total. The number of nitrogens with one attached hydrogen (secondary N) is 2. The predicted molar refractivity (Wildman–Crippen MR) is 73.8 cm³/mol. The van der Waals surface area contributed by atoms with Crippen LogP contribution in [0, 0.1) is 0 Å². The van der Waals surface area contributed by atoms with Crippen LogP contribution in [0.1, 0.15) is 36.5 Å². The van der Waals surface area contributed by atoms with Gasteiger partial charge in [-0.1, -0.05) is 13.0 Å².